The average Bonchev–Trinajstić information content (AvgIpc) is 2.33. The zero-order chi connectivity index (χ0) is 13.3. The van der Waals surface area contributed by atoms with E-state index in [1.807, 2.05) is 0 Å². The van der Waals surface area contributed by atoms with Crippen molar-refractivity contribution in [2.75, 3.05) is 23.7 Å². The molecule has 0 radical (unpaired) electrons. The van der Waals surface area contributed by atoms with E-state index < -0.39 is 0 Å². The lowest BCUT2D eigenvalue weighted by molar-refractivity contribution is -0.384. The van der Waals surface area contributed by atoms with Gasteiger partial charge in [0.1, 0.15) is 5.69 Å². The van der Waals surface area contributed by atoms with Gasteiger partial charge in [0.05, 0.1) is 4.92 Å². The van der Waals surface area contributed by atoms with Crippen LogP contribution in [0.4, 0.5) is 17.1 Å². The number of aryl methyl sites for hydroxylation is 1. The molecule has 5 heteroatoms. The van der Waals surface area contributed by atoms with Gasteiger partial charge in [-0.1, -0.05) is 6.92 Å². The fourth-order valence-corrected chi connectivity index (χ4v) is 2.35. The van der Waals surface area contributed by atoms with Gasteiger partial charge in [0.25, 0.3) is 5.69 Å². The topological polar surface area (TPSA) is 72.4 Å². The first-order chi connectivity index (χ1) is 8.49. The van der Waals surface area contributed by atoms with E-state index >= 15 is 0 Å². The molecule has 0 aliphatic carbocycles. The van der Waals surface area contributed by atoms with E-state index in [0.29, 0.717) is 17.3 Å². The highest BCUT2D eigenvalue weighted by atomic mass is 16.6. The van der Waals surface area contributed by atoms with Crippen LogP contribution in [-0.4, -0.2) is 18.0 Å². The van der Waals surface area contributed by atoms with Gasteiger partial charge in [-0.05, 0) is 37.3 Å². The highest BCUT2D eigenvalue weighted by Crippen LogP contribution is 2.34. The molecular weight excluding hydrogens is 230 g/mol. The summed E-state index contributed by atoms with van der Waals surface area (Å²) in [5, 5.41) is 11.1. The zero-order valence-electron chi connectivity index (χ0n) is 10.8. The Hall–Kier alpha value is -1.78. The summed E-state index contributed by atoms with van der Waals surface area (Å²) >= 11 is 0. The average molecular weight is 249 g/mol. The number of benzene rings is 1. The van der Waals surface area contributed by atoms with Gasteiger partial charge in [-0.15, -0.1) is 0 Å². The molecule has 2 rings (SSSR count). The molecule has 1 saturated heterocycles. The van der Waals surface area contributed by atoms with Crippen molar-refractivity contribution >= 4 is 17.1 Å². The van der Waals surface area contributed by atoms with E-state index in [9.17, 15) is 10.1 Å². The number of rotatable bonds is 2. The Bertz CT molecular complexity index is 466. The van der Waals surface area contributed by atoms with Gasteiger partial charge in [0.2, 0.25) is 0 Å². The Morgan fingerprint density at radius 2 is 2.00 bits per heavy atom. The molecule has 1 aliphatic heterocycles. The first-order valence-electron chi connectivity index (χ1n) is 6.28. The van der Waals surface area contributed by atoms with Crippen LogP contribution in [0.3, 0.4) is 0 Å². The number of nitro benzene ring substituents is 1. The number of nitrogens with zero attached hydrogens (tertiary/aromatic N) is 2. The van der Waals surface area contributed by atoms with Crippen molar-refractivity contribution < 1.29 is 4.92 Å². The molecule has 0 spiro atoms. The normalized spacial score (nSPS) is 16.9. The van der Waals surface area contributed by atoms with Crippen LogP contribution in [-0.2, 0) is 0 Å². The quantitative estimate of drug-likeness (QED) is 0.497. The number of anilines is 2. The fraction of sp³-hybridized carbons (Fsp3) is 0.538. The van der Waals surface area contributed by atoms with E-state index in [4.69, 9.17) is 5.73 Å². The Morgan fingerprint density at radius 3 is 2.56 bits per heavy atom. The van der Waals surface area contributed by atoms with E-state index in [1.165, 1.54) is 0 Å². The summed E-state index contributed by atoms with van der Waals surface area (Å²) < 4.78 is 0. The molecule has 0 amide bonds. The molecule has 0 bridgehead atoms. The summed E-state index contributed by atoms with van der Waals surface area (Å²) in [5.74, 6) is 0.697. The summed E-state index contributed by atoms with van der Waals surface area (Å²) in [6.07, 6.45) is 2.15. The second kappa shape index (κ2) is 4.84. The first-order valence-corrected chi connectivity index (χ1v) is 6.28. The van der Waals surface area contributed by atoms with Crippen molar-refractivity contribution in [2.24, 2.45) is 5.92 Å². The molecule has 98 valence electrons. The second-order valence-corrected chi connectivity index (χ2v) is 5.12. The van der Waals surface area contributed by atoms with Gasteiger partial charge < -0.3 is 10.6 Å². The van der Waals surface area contributed by atoms with Gasteiger partial charge in [0.15, 0.2) is 0 Å². The van der Waals surface area contributed by atoms with Crippen LogP contribution in [0.15, 0.2) is 12.1 Å². The van der Waals surface area contributed by atoms with Crippen LogP contribution in [0.1, 0.15) is 25.3 Å². The highest BCUT2D eigenvalue weighted by molar-refractivity contribution is 5.71. The Balaban J connectivity index is 2.36. The van der Waals surface area contributed by atoms with E-state index in [0.717, 1.165) is 31.5 Å². The molecule has 1 aromatic rings. The third-order valence-electron chi connectivity index (χ3n) is 3.68. The van der Waals surface area contributed by atoms with E-state index in [1.54, 1.807) is 19.1 Å². The third-order valence-corrected chi connectivity index (χ3v) is 3.68. The maximum absolute atomic E-state index is 11.1. The largest absolute Gasteiger partial charge is 0.398 e. The smallest absolute Gasteiger partial charge is 0.292 e. The molecule has 0 saturated carbocycles. The molecule has 18 heavy (non-hydrogen) atoms. The number of nitrogens with two attached hydrogens (primary N) is 1. The van der Waals surface area contributed by atoms with Crippen LogP contribution in [0.5, 0.6) is 0 Å². The summed E-state index contributed by atoms with van der Waals surface area (Å²) in [6.45, 7) is 5.74. The van der Waals surface area contributed by atoms with Gasteiger partial charge >= 0.3 is 0 Å². The lowest BCUT2D eigenvalue weighted by Crippen LogP contribution is -2.33. The lowest BCUT2D eigenvalue weighted by Gasteiger charge is -2.32. The van der Waals surface area contributed by atoms with E-state index in [2.05, 4.69) is 11.8 Å². The van der Waals surface area contributed by atoms with Crippen LogP contribution in [0.2, 0.25) is 0 Å². The van der Waals surface area contributed by atoms with Crippen LogP contribution >= 0.6 is 0 Å². The molecule has 2 N–H and O–H groups in total. The van der Waals surface area contributed by atoms with Gasteiger partial charge in [-0.2, -0.15) is 0 Å². The van der Waals surface area contributed by atoms with Crippen molar-refractivity contribution in [1.82, 2.24) is 0 Å². The van der Waals surface area contributed by atoms with Crippen LogP contribution in [0, 0.1) is 23.0 Å². The molecule has 1 aromatic carbocycles. The van der Waals surface area contributed by atoms with Crippen molar-refractivity contribution in [3.05, 3.63) is 27.8 Å². The Labute approximate surface area is 107 Å². The van der Waals surface area contributed by atoms with Crippen molar-refractivity contribution in [3.63, 3.8) is 0 Å². The second-order valence-electron chi connectivity index (χ2n) is 5.12. The van der Waals surface area contributed by atoms with Crippen molar-refractivity contribution in [2.45, 2.75) is 26.7 Å². The minimum Gasteiger partial charge on any atom is -0.398 e. The monoisotopic (exact) mass is 249 g/mol. The maximum atomic E-state index is 11.1. The first kappa shape index (κ1) is 12.7. The van der Waals surface area contributed by atoms with Gasteiger partial charge in [-0.25, -0.2) is 0 Å². The minimum atomic E-state index is -0.320. The number of nitrogen functional groups attached to an aromatic ring is 1. The summed E-state index contributed by atoms with van der Waals surface area (Å²) in [5.41, 5.74) is 8.08. The molecule has 1 aliphatic rings. The number of nitro groups is 1. The lowest BCUT2D eigenvalue weighted by atomic mass is 9.98. The Kier molecular flexibility index (Phi) is 3.41. The summed E-state index contributed by atoms with van der Waals surface area (Å²) in [6, 6.07) is 3.31. The minimum absolute atomic E-state index is 0.163. The zero-order valence-corrected chi connectivity index (χ0v) is 10.8. The molecule has 1 heterocycles. The Morgan fingerprint density at radius 1 is 1.39 bits per heavy atom. The fourth-order valence-electron chi connectivity index (χ4n) is 2.35. The number of piperidine rings is 1. The molecule has 0 aromatic heterocycles. The number of hydrogen-bond donors (Lipinski definition) is 1. The maximum Gasteiger partial charge on any atom is 0.292 e. The highest BCUT2D eigenvalue weighted by Gasteiger charge is 2.24. The molecule has 0 atom stereocenters. The molecule has 0 unspecified atom stereocenters. The standard InChI is InChI=1S/C13H19N3O2/c1-9-3-5-15(6-4-9)12-8-11(14)10(2)7-13(12)16(17)18/h7-9H,3-6,14H2,1-2H3. The predicted molar refractivity (Wildman–Crippen MR) is 72.9 cm³/mol. The molecule has 1 fully saturated rings. The molecular formula is C13H19N3O2. The van der Waals surface area contributed by atoms with Crippen molar-refractivity contribution in [3.8, 4) is 0 Å². The summed E-state index contributed by atoms with van der Waals surface area (Å²) in [4.78, 5) is 12.9. The summed E-state index contributed by atoms with van der Waals surface area (Å²) in [7, 11) is 0. The van der Waals surface area contributed by atoms with Crippen LogP contribution < -0.4 is 10.6 Å². The van der Waals surface area contributed by atoms with E-state index in [-0.39, 0.29) is 10.6 Å². The SMILES string of the molecule is Cc1cc([N+](=O)[O-])c(N2CCC(C)CC2)cc1N. The van der Waals surface area contributed by atoms with Gasteiger partial charge in [-0.3, -0.25) is 10.1 Å². The third kappa shape index (κ3) is 2.39. The van der Waals surface area contributed by atoms with Crippen LogP contribution in [0.25, 0.3) is 0 Å². The van der Waals surface area contributed by atoms with Crippen molar-refractivity contribution in [1.29, 1.82) is 0 Å². The molecule has 5 nitrogen and oxygen atoms in total. The number of hydrogen-bond acceptors (Lipinski definition) is 4. The van der Waals surface area contributed by atoms with Gasteiger partial charge in [0, 0.05) is 24.8 Å². The predicted octanol–water partition coefficient (Wildman–Crippen LogP) is 2.72.